The summed E-state index contributed by atoms with van der Waals surface area (Å²) in [5, 5.41) is 5.71. The summed E-state index contributed by atoms with van der Waals surface area (Å²) < 4.78 is 33.1. The molecule has 3 aromatic rings. The van der Waals surface area contributed by atoms with Crippen molar-refractivity contribution in [1.82, 2.24) is 0 Å². The van der Waals surface area contributed by atoms with Crippen molar-refractivity contribution in [3.8, 4) is 0 Å². The highest BCUT2D eigenvalue weighted by Gasteiger charge is 2.14. The van der Waals surface area contributed by atoms with E-state index in [9.17, 15) is 18.0 Å². The SMILES string of the molecule is Cc1ccc2c(COC(=O)c3ccc(S(N)(=O)=O)cc3)cc(=O)oc2c1C. The number of aryl methyl sites for hydroxylation is 2. The third-order valence-electron chi connectivity index (χ3n) is 4.29. The van der Waals surface area contributed by atoms with Gasteiger partial charge in [-0.25, -0.2) is 23.1 Å². The number of carbonyl (C=O) groups is 1. The maximum atomic E-state index is 12.2. The molecule has 1 aromatic heterocycles. The Hall–Kier alpha value is -2.97. The minimum Gasteiger partial charge on any atom is -0.457 e. The topological polar surface area (TPSA) is 117 Å². The second-order valence-electron chi connectivity index (χ2n) is 6.12. The van der Waals surface area contributed by atoms with Crippen molar-refractivity contribution in [3.05, 3.63) is 75.1 Å². The third-order valence-corrected chi connectivity index (χ3v) is 5.22. The van der Waals surface area contributed by atoms with Crippen LogP contribution in [0.5, 0.6) is 0 Å². The van der Waals surface area contributed by atoms with E-state index in [1.165, 1.54) is 30.3 Å². The lowest BCUT2D eigenvalue weighted by molar-refractivity contribution is 0.0473. The first kappa shape index (κ1) is 18.8. The summed E-state index contributed by atoms with van der Waals surface area (Å²) in [6.07, 6.45) is 0. The molecule has 0 aliphatic heterocycles. The number of fused-ring (bicyclic) bond motifs is 1. The van der Waals surface area contributed by atoms with Crippen LogP contribution in [-0.4, -0.2) is 14.4 Å². The Labute approximate surface area is 155 Å². The highest BCUT2D eigenvalue weighted by atomic mass is 32.2. The van der Waals surface area contributed by atoms with Gasteiger partial charge in [-0.05, 0) is 49.2 Å². The van der Waals surface area contributed by atoms with Crippen LogP contribution in [-0.2, 0) is 21.4 Å². The highest BCUT2D eigenvalue weighted by Crippen LogP contribution is 2.24. The predicted octanol–water partition coefficient (Wildman–Crippen LogP) is 2.41. The van der Waals surface area contributed by atoms with Crippen LogP contribution in [0, 0.1) is 13.8 Å². The van der Waals surface area contributed by atoms with Crippen LogP contribution < -0.4 is 10.8 Å². The van der Waals surface area contributed by atoms with Gasteiger partial charge >= 0.3 is 11.6 Å². The lowest BCUT2D eigenvalue weighted by Gasteiger charge is -2.10. The fraction of sp³-hybridized carbons (Fsp3) is 0.158. The quantitative estimate of drug-likeness (QED) is 0.543. The number of primary sulfonamides is 1. The van der Waals surface area contributed by atoms with E-state index in [1.54, 1.807) is 0 Å². The normalized spacial score (nSPS) is 11.5. The maximum absolute atomic E-state index is 12.2. The van der Waals surface area contributed by atoms with Crippen LogP contribution in [0.1, 0.15) is 27.0 Å². The first-order valence-corrected chi connectivity index (χ1v) is 9.54. The zero-order chi connectivity index (χ0) is 19.8. The average Bonchev–Trinajstić information content (AvgIpc) is 2.62. The van der Waals surface area contributed by atoms with Gasteiger partial charge in [-0.1, -0.05) is 12.1 Å². The van der Waals surface area contributed by atoms with Gasteiger partial charge in [0, 0.05) is 17.0 Å². The number of hydrogen-bond acceptors (Lipinski definition) is 6. The van der Waals surface area contributed by atoms with E-state index in [1.807, 2.05) is 26.0 Å². The molecular formula is C19H17NO6S. The third kappa shape index (κ3) is 3.91. The predicted molar refractivity (Wildman–Crippen MR) is 98.9 cm³/mol. The van der Waals surface area contributed by atoms with Crippen molar-refractivity contribution in [1.29, 1.82) is 0 Å². The highest BCUT2D eigenvalue weighted by molar-refractivity contribution is 7.89. The molecule has 8 heteroatoms. The van der Waals surface area contributed by atoms with E-state index in [0.29, 0.717) is 16.5 Å². The molecule has 2 N–H and O–H groups in total. The first-order chi connectivity index (χ1) is 12.7. The number of carbonyl (C=O) groups excluding carboxylic acids is 1. The second-order valence-corrected chi connectivity index (χ2v) is 7.68. The van der Waals surface area contributed by atoms with E-state index < -0.39 is 21.6 Å². The van der Waals surface area contributed by atoms with E-state index in [2.05, 4.69) is 0 Å². The molecule has 7 nitrogen and oxygen atoms in total. The molecule has 0 fully saturated rings. The van der Waals surface area contributed by atoms with Gasteiger partial charge in [-0.15, -0.1) is 0 Å². The van der Waals surface area contributed by atoms with Crippen molar-refractivity contribution < 1.29 is 22.4 Å². The number of nitrogens with two attached hydrogens (primary N) is 1. The van der Waals surface area contributed by atoms with Crippen molar-refractivity contribution in [3.63, 3.8) is 0 Å². The summed E-state index contributed by atoms with van der Waals surface area (Å²) in [7, 11) is -3.83. The van der Waals surface area contributed by atoms with Gasteiger partial charge in [0.15, 0.2) is 0 Å². The molecule has 3 rings (SSSR count). The molecule has 0 atom stereocenters. The zero-order valence-electron chi connectivity index (χ0n) is 14.7. The number of rotatable bonds is 4. The van der Waals surface area contributed by atoms with Gasteiger partial charge in [-0.3, -0.25) is 0 Å². The second kappa shape index (κ2) is 6.98. The van der Waals surface area contributed by atoms with Crippen molar-refractivity contribution >= 4 is 27.0 Å². The Balaban J connectivity index is 1.85. The summed E-state index contributed by atoms with van der Waals surface area (Å²) >= 11 is 0. The molecule has 0 amide bonds. The zero-order valence-corrected chi connectivity index (χ0v) is 15.5. The average molecular weight is 387 g/mol. The number of benzene rings is 2. The van der Waals surface area contributed by atoms with Gasteiger partial charge in [0.25, 0.3) is 0 Å². The van der Waals surface area contributed by atoms with Crippen molar-refractivity contribution in [2.45, 2.75) is 25.3 Å². The molecule has 0 bridgehead atoms. The van der Waals surface area contributed by atoms with Crippen LogP contribution >= 0.6 is 0 Å². The molecular weight excluding hydrogens is 370 g/mol. The molecule has 0 aliphatic carbocycles. The molecule has 0 saturated carbocycles. The van der Waals surface area contributed by atoms with Gasteiger partial charge < -0.3 is 9.15 Å². The lowest BCUT2D eigenvalue weighted by atomic mass is 10.0. The van der Waals surface area contributed by atoms with Crippen LogP contribution in [0.3, 0.4) is 0 Å². The lowest BCUT2D eigenvalue weighted by Crippen LogP contribution is -2.13. The largest absolute Gasteiger partial charge is 0.457 e. The summed E-state index contributed by atoms with van der Waals surface area (Å²) in [5.74, 6) is -0.652. The standard InChI is InChI=1S/C19H17NO6S/c1-11-3-8-16-14(9-17(21)26-18(16)12(11)2)10-25-19(22)13-4-6-15(7-5-13)27(20,23)24/h3-9H,10H2,1-2H3,(H2,20,23,24). The van der Waals surface area contributed by atoms with Crippen LogP contribution in [0.15, 0.2) is 56.6 Å². The molecule has 140 valence electrons. The molecule has 1 heterocycles. The Morgan fingerprint density at radius 2 is 1.78 bits per heavy atom. The maximum Gasteiger partial charge on any atom is 0.338 e. The van der Waals surface area contributed by atoms with E-state index in [4.69, 9.17) is 14.3 Å². The monoisotopic (exact) mass is 387 g/mol. The molecule has 27 heavy (non-hydrogen) atoms. The number of sulfonamides is 1. The number of esters is 1. The summed E-state index contributed by atoms with van der Waals surface area (Å²) in [6, 6.07) is 10.1. The minimum atomic E-state index is -3.83. The molecule has 0 radical (unpaired) electrons. The van der Waals surface area contributed by atoms with E-state index in [0.717, 1.165) is 11.1 Å². The fourth-order valence-corrected chi connectivity index (χ4v) is 3.17. The minimum absolute atomic E-state index is 0.100. The van der Waals surface area contributed by atoms with Gasteiger partial charge in [0.2, 0.25) is 10.0 Å². The van der Waals surface area contributed by atoms with Crippen LogP contribution in [0.25, 0.3) is 11.0 Å². The number of ether oxygens (including phenoxy) is 1. The molecule has 0 spiro atoms. The first-order valence-electron chi connectivity index (χ1n) is 8.00. The molecule has 0 saturated heterocycles. The molecule has 0 aliphatic rings. The van der Waals surface area contributed by atoms with Crippen LogP contribution in [0.4, 0.5) is 0 Å². The van der Waals surface area contributed by atoms with Gasteiger partial charge in [-0.2, -0.15) is 0 Å². The molecule has 2 aromatic carbocycles. The summed E-state index contributed by atoms with van der Waals surface area (Å²) in [4.78, 5) is 24.0. The molecule has 0 unspecified atom stereocenters. The summed E-state index contributed by atoms with van der Waals surface area (Å²) in [5.41, 5.74) is 2.46. The van der Waals surface area contributed by atoms with Crippen molar-refractivity contribution in [2.24, 2.45) is 5.14 Å². The van der Waals surface area contributed by atoms with Gasteiger partial charge in [0.1, 0.15) is 12.2 Å². The summed E-state index contributed by atoms with van der Waals surface area (Å²) in [6.45, 7) is 3.64. The fourth-order valence-electron chi connectivity index (χ4n) is 2.65. The Bertz CT molecular complexity index is 1190. The van der Waals surface area contributed by atoms with E-state index in [-0.39, 0.29) is 17.1 Å². The Morgan fingerprint density at radius 1 is 1.11 bits per heavy atom. The Morgan fingerprint density at radius 3 is 2.41 bits per heavy atom. The smallest absolute Gasteiger partial charge is 0.338 e. The van der Waals surface area contributed by atoms with E-state index >= 15 is 0 Å². The van der Waals surface area contributed by atoms with Gasteiger partial charge in [0.05, 0.1) is 10.5 Å². The van der Waals surface area contributed by atoms with Crippen LogP contribution in [0.2, 0.25) is 0 Å². The Kier molecular flexibility index (Phi) is 4.86. The van der Waals surface area contributed by atoms with Crippen molar-refractivity contribution in [2.75, 3.05) is 0 Å². The number of hydrogen-bond donors (Lipinski definition) is 1.